The molecule has 2 heterocycles. The van der Waals surface area contributed by atoms with Gasteiger partial charge in [-0.1, -0.05) is 54.3 Å². The Kier molecular flexibility index (Phi) is 6.48. The van der Waals surface area contributed by atoms with E-state index < -0.39 is 0 Å². The minimum atomic E-state index is -0.367. The number of hydrogen-bond donors (Lipinski definition) is 1. The van der Waals surface area contributed by atoms with Crippen LogP contribution in [0.2, 0.25) is 0 Å². The third kappa shape index (κ3) is 4.86. The van der Waals surface area contributed by atoms with Crippen molar-refractivity contribution in [1.29, 1.82) is 0 Å². The zero-order valence-corrected chi connectivity index (χ0v) is 18.8. The van der Waals surface area contributed by atoms with E-state index >= 15 is 0 Å². The number of carbonyl (C=O) groups excluding carboxylic acids is 2. The highest BCUT2D eigenvalue weighted by molar-refractivity contribution is 8.00. The van der Waals surface area contributed by atoms with Crippen LogP contribution in [0, 0.1) is 0 Å². The number of nitrogens with zero attached hydrogens (tertiary/aromatic N) is 2. The fourth-order valence-electron chi connectivity index (χ4n) is 3.09. The molecule has 1 unspecified atom stereocenters. The van der Waals surface area contributed by atoms with Crippen LogP contribution in [0.1, 0.15) is 30.6 Å². The van der Waals surface area contributed by atoms with Crippen molar-refractivity contribution in [3.63, 3.8) is 0 Å². The van der Waals surface area contributed by atoms with Gasteiger partial charge in [-0.2, -0.15) is 0 Å². The SMILES string of the molecule is CCOC(=O)c1ccc2nc(NC(=O)C(CC)Sc3ccc4ccccc4n3)sc2c1. The molecule has 0 saturated carbocycles. The minimum Gasteiger partial charge on any atom is -0.462 e. The molecule has 6 nitrogen and oxygen atoms in total. The van der Waals surface area contributed by atoms with E-state index in [1.54, 1.807) is 25.1 Å². The zero-order valence-electron chi connectivity index (χ0n) is 17.1. The number of rotatable bonds is 7. The second-order valence-corrected chi connectivity index (χ2v) is 9.02. The normalized spacial score (nSPS) is 12.1. The summed E-state index contributed by atoms with van der Waals surface area (Å²) in [5.74, 6) is -0.485. The summed E-state index contributed by atoms with van der Waals surface area (Å²) in [7, 11) is 0. The number of thiazole rings is 1. The molecule has 0 spiro atoms. The van der Waals surface area contributed by atoms with Gasteiger partial charge in [-0.15, -0.1) is 0 Å². The lowest BCUT2D eigenvalue weighted by Crippen LogP contribution is -2.24. The van der Waals surface area contributed by atoms with Gasteiger partial charge in [0.15, 0.2) is 5.13 Å². The van der Waals surface area contributed by atoms with Crippen LogP contribution in [0.15, 0.2) is 59.6 Å². The highest BCUT2D eigenvalue weighted by Gasteiger charge is 2.20. The summed E-state index contributed by atoms with van der Waals surface area (Å²) in [6, 6.07) is 17.1. The molecule has 0 radical (unpaired) electrons. The number of esters is 1. The van der Waals surface area contributed by atoms with Gasteiger partial charge in [-0.3, -0.25) is 4.79 Å². The molecule has 4 aromatic rings. The number of para-hydroxylation sites is 1. The van der Waals surface area contributed by atoms with Gasteiger partial charge < -0.3 is 10.1 Å². The maximum atomic E-state index is 12.9. The van der Waals surface area contributed by atoms with Gasteiger partial charge in [0.25, 0.3) is 0 Å². The van der Waals surface area contributed by atoms with Gasteiger partial charge in [0.1, 0.15) is 0 Å². The lowest BCUT2D eigenvalue weighted by atomic mass is 10.2. The van der Waals surface area contributed by atoms with E-state index in [1.807, 2.05) is 43.3 Å². The number of aromatic nitrogens is 2. The van der Waals surface area contributed by atoms with E-state index in [0.29, 0.717) is 23.7 Å². The largest absolute Gasteiger partial charge is 0.462 e. The van der Waals surface area contributed by atoms with Crippen LogP contribution in [0.5, 0.6) is 0 Å². The fourth-order valence-corrected chi connectivity index (χ4v) is 4.92. The second kappa shape index (κ2) is 9.45. The minimum absolute atomic E-state index is 0.118. The van der Waals surface area contributed by atoms with Gasteiger partial charge in [0.05, 0.1) is 38.2 Å². The molecule has 2 aromatic carbocycles. The van der Waals surface area contributed by atoms with Gasteiger partial charge in [-0.05, 0) is 43.7 Å². The summed E-state index contributed by atoms with van der Waals surface area (Å²) in [6.07, 6.45) is 0.656. The lowest BCUT2D eigenvalue weighted by molar-refractivity contribution is -0.115. The summed E-state index contributed by atoms with van der Waals surface area (Å²) < 4.78 is 5.86. The first-order chi connectivity index (χ1) is 15.1. The van der Waals surface area contributed by atoms with Crippen LogP contribution in [0.4, 0.5) is 5.13 Å². The quantitative estimate of drug-likeness (QED) is 0.294. The van der Waals surface area contributed by atoms with Crippen LogP contribution >= 0.6 is 23.1 Å². The van der Waals surface area contributed by atoms with Crippen LogP contribution in [0.25, 0.3) is 21.1 Å². The van der Waals surface area contributed by atoms with Crippen molar-refractivity contribution < 1.29 is 14.3 Å². The smallest absolute Gasteiger partial charge is 0.338 e. The van der Waals surface area contributed by atoms with E-state index in [0.717, 1.165) is 26.1 Å². The number of ether oxygens (including phenoxy) is 1. The summed E-state index contributed by atoms with van der Waals surface area (Å²) in [5, 5.41) is 5.01. The summed E-state index contributed by atoms with van der Waals surface area (Å²) in [6.45, 7) is 4.07. The molecule has 0 bridgehead atoms. The van der Waals surface area contributed by atoms with Crippen LogP contribution in [-0.2, 0) is 9.53 Å². The number of benzene rings is 2. The monoisotopic (exact) mass is 451 g/mol. The van der Waals surface area contributed by atoms with E-state index in [9.17, 15) is 9.59 Å². The predicted octanol–water partition coefficient (Wildman–Crippen LogP) is 5.53. The first kappa shape index (κ1) is 21.3. The van der Waals surface area contributed by atoms with E-state index in [2.05, 4.69) is 15.3 Å². The number of amides is 1. The Balaban J connectivity index is 1.48. The van der Waals surface area contributed by atoms with Crippen molar-refractivity contribution in [1.82, 2.24) is 9.97 Å². The molecule has 158 valence electrons. The summed E-state index contributed by atoms with van der Waals surface area (Å²) >= 11 is 2.78. The maximum absolute atomic E-state index is 12.9. The molecule has 0 aliphatic rings. The Bertz CT molecular complexity index is 1260. The molecule has 2 aromatic heterocycles. The van der Waals surface area contributed by atoms with Gasteiger partial charge in [-0.25, -0.2) is 14.8 Å². The third-order valence-electron chi connectivity index (χ3n) is 4.63. The number of thioether (sulfide) groups is 1. The summed E-state index contributed by atoms with van der Waals surface area (Å²) in [5.41, 5.74) is 2.11. The third-order valence-corrected chi connectivity index (χ3v) is 6.86. The number of carbonyl (C=O) groups is 2. The van der Waals surface area contributed by atoms with Gasteiger partial charge >= 0.3 is 5.97 Å². The predicted molar refractivity (Wildman–Crippen MR) is 126 cm³/mol. The van der Waals surface area contributed by atoms with Crippen LogP contribution in [-0.4, -0.2) is 33.7 Å². The molecular weight excluding hydrogens is 430 g/mol. The highest BCUT2D eigenvalue weighted by Crippen LogP contribution is 2.30. The first-order valence-electron chi connectivity index (χ1n) is 9.98. The second-order valence-electron chi connectivity index (χ2n) is 6.77. The van der Waals surface area contributed by atoms with Crippen LogP contribution in [0.3, 0.4) is 0 Å². The number of hydrogen-bond acceptors (Lipinski definition) is 7. The van der Waals surface area contributed by atoms with Crippen LogP contribution < -0.4 is 5.32 Å². The van der Waals surface area contributed by atoms with E-state index in [4.69, 9.17) is 4.74 Å². The average Bonchev–Trinajstić information content (AvgIpc) is 3.18. The molecule has 1 atom stereocenters. The molecule has 0 saturated heterocycles. The average molecular weight is 452 g/mol. The van der Waals surface area contributed by atoms with Gasteiger partial charge in [0, 0.05) is 5.39 Å². The Hall–Kier alpha value is -2.97. The standard InChI is InChI=1S/C23H21N3O3S2/c1-3-18(30-20-12-10-14-7-5-6-8-16(14)24-20)21(27)26-23-25-17-11-9-15(13-19(17)31-23)22(28)29-4-2/h5-13,18H,3-4H2,1-2H3,(H,25,26,27). The van der Waals surface area contributed by atoms with Crippen molar-refractivity contribution in [3.8, 4) is 0 Å². The zero-order chi connectivity index (χ0) is 21.8. The van der Waals surface area contributed by atoms with E-state index in [1.165, 1.54) is 23.1 Å². The molecule has 31 heavy (non-hydrogen) atoms. The number of pyridine rings is 1. The van der Waals surface area contributed by atoms with Crippen molar-refractivity contribution >= 4 is 61.2 Å². The summed E-state index contributed by atoms with van der Waals surface area (Å²) in [4.78, 5) is 33.9. The topological polar surface area (TPSA) is 81.2 Å². The Morgan fingerprint density at radius 2 is 1.90 bits per heavy atom. The molecule has 1 amide bonds. The Morgan fingerprint density at radius 1 is 1.06 bits per heavy atom. The molecular formula is C23H21N3O3S2. The maximum Gasteiger partial charge on any atom is 0.338 e. The molecule has 8 heteroatoms. The number of anilines is 1. The van der Waals surface area contributed by atoms with Gasteiger partial charge in [0.2, 0.25) is 5.91 Å². The van der Waals surface area contributed by atoms with Crippen molar-refractivity contribution in [2.75, 3.05) is 11.9 Å². The molecule has 0 aliphatic carbocycles. The van der Waals surface area contributed by atoms with Crippen molar-refractivity contribution in [3.05, 3.63) is 60.2 Å². The molecule has 0 fully saturated rings. The Labute approximate surface area is 188 Å². The first-order valence-corrected chi connectivity index (χ1v) is 11.7. The number of fused-ring (bicyclic) bond motifs is 2. The fraction of sp³-hybridized carbons (Fsp3) is 0.217. The van der Waals surface area contributed by atoms with E-state index in [-0.39, 0.29) is 17.1 Å². The van der Waals surface area contributed by atoms with Crippen molar-refractivity contribution in [2.45, 2.75) is 30.5 Å². The molecule has 1 N–H and O–H groups in total. The lowest BCUT2D eigenvalue weighted by Gasteiger charge is -2.13. The molecule has 4 rings (SSSR count). The number of nitrogens with one attached hydrogen (secondary N) is 1. The molecule has 0 aliphatic heterocycles. The van der Waals surface area contributed by atoms with Crippen molar-refractivity contribution in [2.24, 2.45) is 0 Å². The highest BCUT2D eigenvalue weighted by atomic mass is 32.2. The Morgan fingerprint density at radius 3 is 2.71 bits per heavy atom.